The van der Waals surface area contributed by atoms with Gasteiger partial charge in [-0.2, -0.15) is 5.26 Å². The molecule has 0 spiro atoms. The summed E-state index contributed by atoms with van der Waals surface area (Å²) < 4.78 is 13.2. The first-order valence-electron chi connectivity index (χ1n) is 5.88. The third kappa shape index (κ3) is 2.69. The highest BCUT2D eigenvalue weighted by molar-refractivity contribution is 6.02. The maximum atomic E-state index is 13.2. The summed E-state index contributed by atoms with van der Waals surface area (Å²) in [5, 5.41) is 9.19. The number of rotatable bonds is 3. The number of carbonyl (C=O) groups excluding carboxylic acids is 1. The van der Waals surface area contributed by atoms with Gasteiger partial charge in [0.15, 0.2) is 5.78 Å². The Hall–Kier alpha value is -2.47. The van der Waals surface area contributed by atoms with Gasteiger partial charge in [-0.15, -0.1) is 0 Å². The molecule has 0 amide bonds. The van der Waals surface area contributed by atoms with Crippen LogP contribution in [-0.4, -0.2) is 5.78 Å². The van der Waals surface area contributed by atoms with Gasteiger partial charge in [-0.25, -0.2) is 4.39 Å². The molecule has 0 aromatic heterocycles. The molecule has 2 nitrogen and oxygen atoms in total. The van der Waals surface area contributed by atoms with Crippen LogP contribution in [0.5, 0.6) is 0 Å². The molecule has 0 radical (unpaired) electrons. The van der Waals surface area contributed by atoms with Crippen molar-refractivity contribution in [2.24, 2.45) is 0 Å². The van der Waals surface area contributed by atoms with E-state index >= 15 is 0 Å². The predicted octanol–water partition coefficient (Wildman–Crippen LogP) is 3.62. The fraction of sp³-hybridized carbons (Fsp3) is 0.125. The van der Waals surface area contributed by atoms with E-state index in [1.165, 1.54) is 18.2 Å². The molecular formula is C16H12FNO. The number of nitriles is 1. The number of benzene rings is 2. The van der Waals surface area contributed by atoms with Crippen LogP contribution in [0.25, 0.3) is 0 Å². The lowest BCUT2D eigenvalue weighted by Crippen LogP contribution is -2.11. The van der Waals surface area contributed by atoms with Gasteiger partial charge in [0.05, 0.1) is 6.07 Å². The molecular weight excluding hydrogens is 241 g/mol. The predicted molar refractivity (Wildman–Crippen MR) is 70.3 cm³/mol. The molecule has 19 heavy (non-hydrogen) atoms. The van der Waals surface area contributed by atoms with E-state index < -0.39 is 5.92 Å². The molecule has 0 aliphatic rings. The smallest absolute Gasteiger partial charge is 0.184 e. The number of hydrogen-bond acceptors (Lipinski definition) is 2. The molecule has 0 aliphatic carbocycles. The summed E-state index contributed by atoms with van der Waals surface area (Å²) in [4.78, 5) is 12.3. The average molecular weight is 253 g/mol. The van der Waals surface area contributed by atoms with Gasteiger partial charge < -0.3 is 0 Å². The number of halogens is 1. The van der Waals surface area contributed by atoms with Gasteiger partial charge in [0.2, 0.25) is 0 Å². The fourth-order valence-electron chi connectivity index (χ4n) is 1.89. The Labute approximate surface area is 111 Å². The molecule has 0 heterocycles. The van der Waals surface area contributed by atoms with E-state index in [2.05, 4.69) is 0 Å². The van der Waals surface area contributed by atoms with Gasteiger partial charge in [-0.1, -0.05) is 30.3 Å². The van der Waals surface area contributed by atoms with Crippen molar-refractivity contribution < 1.29 is 9.18 Å². The lowest BCUT2D eigenvalue weighted by atomic mass is 9.91. The van der Waals surface area contributed by atoms with E-state index in [1.807, 2.05) is 12.1 Å². The third-order valence-electron chi connectivity index (χ3n) is 2.97. The van der Waals surface area contributed by atoms with Gasteiger partial charge in [0.1, 0.15) is 11.7 Å². The van der Waals surface area contributed by atoms with Gasteiger partial charge >= 0.3 is 0 Å². The van der Waals surface area contributed by atoms with E-state index in [1.54, 1.807) is 31.2 Å². The normalized spacial score (nSPS) is 11.6. The lowest BCUT2D eigenvalue weighted by molar-refractivity contribution is 0.0978. The summed E-state index contributed by atoms with van der Waals surface area (Å²) in [6, 6.07) is 15.0. The average Bonchev–Trinajstić information content (AvgIpc) is 2.44. The van der Waals surface area contributed by atoms with Crippen molar-refractivity contribution in [2.75, 3.05) is 0 Å². The summed E-state index contributed by atoms with van der Waals surface area (Å²) in [5.41, 5.74) is 1.40. The Morgan fingerprint density at radius 2 is 1.89 bits per heavy atom. The summed E-state index contributed by atoms with van der Waals surface area (Å²) in [7, 11) is 0. The highest BCUT2D eigenvalue weighted by Crippen LogP contribution is 2.21. The number of Topliss-reactive ketones (excluding diaryl/α,β-unsaturated/α-hetero) is 1. The van der Waals surface area contributed by atoms with Gasteiger partial charge in [-0.3, -0.25) is 4.79 Å². The van der Waals surface area contributed by atoms with Crippen molar-refractivity contribution in [3.05, 3.63) is 71.0 Å². The molecule has 0 bridgehead atoms. The third-order valence-corrected chi connectivity index (χ3v) is 2.97. The summed E-state index contributed by atoms with van der Waals surface area (Å²) in [6.07, 6.45) is 0. The number of carbonyl (C=O) groups is 1. The second-order valence-corrected chi connectivity index (χ2v) is 4.30. The fourth-order valence-corrected chi connectivity index (χ4v) is 1.89. The van der Waals surface area contributed by atoms with E-state index in [9.17, 15) is 14.4 Å². The van der Waals surface area contributed by atoms with Gasteiger partial charge in [0, 0.05) is 5.56 Å². The molecule has 0 saturated carbocycles. The van der Waals surface area contributed by atoms with Crippen LogP contribution in [0.1, 0.15) is 27.4 Å². The van der Waals surface area contributed by atoms with Crippen LogP contribution < -0.4 is 0 Å². The van der Waals surface area contributed by atoms with Crippen LogP contribution in [0.4, 0.5) is 4.39 Å². The molecule has 0 saturated heterocycles. The van der Waals surface area contributed by atoms with E-state index in [0.29, 0.717) is 16.7 Å². The summed E-state index contributed by atoms with van der Waals surface area (Å²) in [6.45, 7) is 1.59. The molecule has 1 unspecified atom stereocenters. The first kappa shape index (κ1) is 13.0. The molecule has 2 aromatic rings. The Kier molecular flexibility index (Phi) is 3.72. The molecule has 3 heteroatoms. The van der Waals surface area contributed by atoms with Crippen LogP contribution >= 0.6 is 0 Å². The van der Waals surface area contributed by atoms with Crippen LogP contribution in [0.2, 0.25) is 0 Å². The van der Waals surface area contributed by atoms with E-state index in [0.717, 1.165) is 0 Å². The standard InChI is InChI=1S/C16H12FNO/c1-11-9-13(7-8-15(11)17)16(19)14(10-18)12-5-3-2-4-6-12/h2-9,14H,1H3. The molecule has 0 aliphatic heterocycles. The highest BCUT2D eigenvalue weighted by Gasteiger charge is 2.21. The van der Waals surface area contributed by atoms with Gasteiger partial charge in [0.25, 0.3) is 0 Å². The Bertz CT molecular complexity index is 644. The van der Waals surface area contributed by atoms with Crippen molar-refractivity contribution in [3.8, 4) is 6.07 Å². The highest BCUT2D eigenvalue weighted by atomic mass is 19.1. The summed E-state index contributed by atoms with van der Waals surface area (Å²) in [5.74, 6) is -1.52. The minimum Gasteiger partial charge on any atom is -0.292 e. The number of hydrogen-bond donors (Lipinski definition) is 0. The largest absolute Gasteiger partial charge is 0.292 e. The quantitative estimate of drug-likeness (QED) is 0.784. The number of ketones is 1. The Balaban J connectivity index is 2.37. The molecule has 1 atom stereocenters. The maximum Gasteiger partial charge on any atom is 0.184 e. The van der Waals surface area contributed by atoms with Crippen LogP contribution in [-0.2, 0) is 0 Å². The number of aryl methyl sites for hydroxylation is 1. The molecule has 2 aromatic carbocycles. The first-order chi connectivity index (χ1) is 9.13. The molecule has 0 fully saturated rings. The SMILES string of the molecule is Cc1cc(C(=O)C(C#N)c2ccccc2)ccc1F. The van der Waals surface area contributed by atoms with E-state index in [-0.39, 0.29) is 11.6 Å². The summed E-state index contributed by atoms with van der Waals surface area (Å²) >= 11 is 0. The van der Waals surface area contributed by atoms with E-state index in [4.69, 9.17) is 0 Å². The van der Waals surface area contributed by atoms with Crippen molar-refractivity contribution in [1.82, 2.24) is 0 Å². The maximum absolute atomic E-state index is 13.2. The van der Waals surface area contributed by atoms with Gasteiger partial charge in [-0.05, 0) is 36.2 Å². The van der Waals surface area contributed by atoms with Crippen molar-refractivity contribution in [3.63, 3.8) is 0 Å². The lowest BCUT2D eigenvalue weighted by Gasteiger charge is -2.09. The first-order valence-corrected chi connectivity index (χ1v) is 5.88. The zero-order chi connectivity index (χ0) is 13.8. The minimum absolute atomic E-state index is 0.309. The minimum atomic E-state index is -0.855. The van der Waals surface area contributed by atoms with Crippen LogP contribution in [0.15, 0.2) is 48.5 Å². The number of nitrogens with zero attached hydrogens (tertiary/aromatic N) is 1. The Morgan fingerprint density at radius 1 is 1.21 bits per heavy atom. The van der Waals surface area contributed by atoms with Crippen molar-refractivity contribution >= 4 is 5.78 Å². The Morgan fingerprint density at radius 3 is 2.47 bits per heavy atom. The molecule has 94 valence electrons. The zero-order valence-corrected chi connectivity index (χ0v) is 10.4. The second-order valence-electron chi connectivity index (χ2n) is 4.30. The van der Waals surface area contributed by atoms with Crippen molar-refractivity contribution in [1.29, 1.82) is 5.26 Å². The second kappa shape index (κ2) is 5.45. The van der Waals surface area contributed by atoms with Crippen LogP contribution in [0.3, 0.4) is 0 Å². The monoisotopic (exact) mass is 253 g/mol. The molecule has 0 N–H and O–H groups in total. The molecule has 2 rings (SSSR count). The van der Waals surface area contributed by atoms with Crippen LogP contribution in [0, 0.1) is 24.1 Å². The zero-order valence-electron chi connectivity index (χ0n) is 10.4. The van der Waals surface area contributed by atoms with Crippen molar-refractivity contribution in [2.45, 2.75) is 12.8 Å². The topological polar surface area (TPSA) is 40.9 Å².